The number of phosphoric acid groups is 1. The number of phosphoric ester groups is 1. The van der Waals surface area contributed by atoms with Crippen molar-refractivity contribution in [2.75, 3.05) is 47.5 Å². The van der Waals surface area contributed by atoms with E-state index in [0.29, 0.717) is 11.0 Å². The van der Waals surface area contributed by atoms with Gasteiger partial charge in [-0.2, -0.15) is 0 Å². The number of carbonyl (C=O) groups is 1. The van der Waals surface area contributed by atoms with Gasteiger partial charge in [-0.3, -0.25) is 4.57 Å². The molecule has 7 nitrogen and oxygen atoms in total. The van der Waals surface area contributed by atoms with E-state index in [1.54, 1.807) is 6.92 Å². The fourth-order valence-corrected chi connectivity index (χ4v) is 1.62. The second kappa shape index (κ2) is 8.45. The highest BCUT2D eigenvalue weighted by atomic mass is 31.2. The van der Waals surface area contributed by atoms with E-state index in [4.69, 9.17) is 0 Å². The Hall–Kier alpha value is -0.720. The second-order valence-electron chi connectivity index (χ2n) is 4.80. The number of hydrogen-bond acceptors (Lipinski definition) is 6. The largest absolute Gasteiger partial charge is 0.756 e. The van der Waals surface area contributed by atoms with Gasteiger partial charge in [0, 0.05) is 6.08 Å². The molecule has 0 amide bonds. The Morgan fingerprint density at radius 3 is 2.32 bits per heavy atom. The fraction of sp³-hybridized carbons (Fsp3) is 0.727. The van der Waals surface area contributed by atoms with Crippen LogP contribution in [-0.2, 0) is 23.1 Å². The van der Waals surface area contributed by atoms with Crippen LogP contribution in [0.2, 0.25) is 0 Å². The molecule has 1 unspecified atom stereocenters. The number of hydrogen-bond donors (Lipinski definition) is 0. The number of esters is 1. The number of carbonyl (C=O) groups excluding carboxylic acids is 1. The average Bonchev–Trinajstić information content (AvgIpc) is 2.22. The highest BCUT2D eigenvalue weighted by Gasteiger charge is 2.13. The van der Waals surface area contributed by atoms with Crippen molar-refractivity contribution in [3.63, 3.8) is 0 Å². The lowest BCUT2D eigenvalue weighted by Crippen LogP contribution is -2.37. The molecule has 0 fully saturated rings. The molecule has 1 atom stereocenters. The number of allylic oxidation sites excluding steroid dienone is 1. The Morgan fingerprint density at radius 1 is 1.21 bits per heavy atom. The molecule has 0 saturated heterocycles. The first-order valence-electron chi connectivity index (χ1n) is 5.86. The molecule has 0 aliphatic rings. The zero-order chi connectivity index (χ0) is 14.9. The summed E-state index contributed by atoms with van der Waals surface area (Å²) in [6.45, 7) is 1.85. The minimum Gasteiger partial charge on any atom is -0.756 e. The Kier molecular flexibility index (Phi) is 8.13. The van der Waals surface area contributed by atoms with E-state index >= 15 is 0 Å². The van der Waals surface area contributed by atoms with Crippen molar-refractivity contribution in [3.8, 4) is 0 Å². The van der Waals surface area contributed by atoms with Gasteiger partial charge in [0.1, 0.15) is 19.8 Å². The predicted octanol–water partition coefficient (Wildman–Crippen LogP) is 0.314. The zero-order valence-electron chi connectivity index (χ0n) is 11.8. The van der Waals surface area contributed by atoms with Crippen LogP contribution in [0, 0.1) is 0 Å². The Bertz CT molecular complexity index is 350. The summed E-state index contributed by atoms with van der Waals surface area (Å²) in [5.41, 5.74) is 0. The molecule has 0 saturated carbocycles. The van der Waals surface area contributed by atoms with Crippen LogP contribution in [0.3, 0.4) is 0 Å². The van der Waals surface area contributed by atoms with Crippen LogP contribution in [0.25, 0.3) is 0 Å². The minimum absolute atomic E-state index is 0.0443. The Morgan fingerprint density at radius 2 is 1.79 bits per heavy atom. The van der Waals surface area contributed by atoms with Gasteiger partial charge in [-0.1, -0.05) is 6.08 Å². The first-order valence-corrected chi connectivity index (χ1v) is 7.32. The normalized spacial score (nSPS) is 15.4. The van der Waals surface area contributed by atoms with Crippen molar-refractivity contribution in [2.24, 2.45) is 0 Å². The van der Waals surface area contributed by atoms with E-state index in [2.05, 4.69) is 13.8 Å². The lowest BCUT2D eigenvalue weighted by atomic mass is 10.5. The summed E-state index contributed by atoms with van der Waals surface area (Å²) >= 11 is 0. The molecule has 0 heterocycles. The van der Waals surface area contributed by atoms with Crippen LogP contribution in [0.4, 0.5) is 0 Å². The highest BCUT2D eigenvalue weighted by Crippen LogP contribution is 2.37. The molecule has 0 N–H and O–H groups in total. The van der Waals surface area contributed by atoms with Gasteiger partial charge in [-0.05, 0) is 6.92 Å². The lowest BCUT2D eigenvalue weighted by Gasteiger charge is -2.27. The summed E-state index contributed by atoms with van der Waals surface area (Å²) in [6.07, 6.45) is 2.75. The van der Waals surface area contributed by atoms with Gasteiger partial charge in [0.15, 0.2) is 0 Å². The molecule has 0 spiro atoms. The molecule has 0 aromatic carbocycles. The molecular formula is C11H22NO6P. The maximum Gasteiger partial charge on any atom is 0.330 e. The first-order chi connectivity index (χ1) is 8.66. The number of likely N-dealkylation sites (N-methyl/N-ethyl adjacent to an activating group) is 1. The van der Waals surface area contributed by atoms with Crippen LogP contribution < -0.4 is 4.89 Å². The molecule has 8 heteroatoms. The maximum atomic E-state index is 11.3. The van der Waals surface area contributed by atoms with E-state index in [9.17, 15) is 14.3 Å². The lowest BCUT2D eigenvalue weighted by molar-refractivity contribution is -0.870. The Balaban J connectivity index is 3.79. The van der Waals surface area contributed by atoms with Crippen molar-refractivity contribution >= 4 is 13.8 Å². The van der Waals surface area contributed by atoms with Crippen molar-refractivity contribution < 1.29 is 32.5 Å². The summed E-state index contributed by atoms with van der Waals surface area (Å²) in [7, 11) is 1.43. The molecule has 0 aliphatic carbocycles. The quantitative estimate of drug-likeness (QED) is 0.200. The molecular weight excluding hydrogens is 273 g/mol. The molecule has 0 radical (unpaired) electrons. The minimum atomic E-state index is -4.32. The van der Waals surface area contributed by atoms with Gasteiger partial charge >= 0.3 is 5.97 Å². The van der Waals surface area contributed by atoms with Gasteiger partial charge in [0.05, 0.1) is 27.7 Å². The van der Waals surface area contributed by atoms with Gasteiger partial charge < -0.3 is 23.2 Å². The summed E-state index contributed by atoms with van der Waals surface area (Å²) in [5, 5.41) is 0. The molecule has 0 aromatic heterocycles. The molecule has 19 heavy (non-hydrogen) atoms. The Labute approximate surface area is 114 Å². The molecule has 0 aliphatic heterocycles. The SMILES string of the molecule is CC=CC(=O)OCCOP(=O)([O-])OCC[N+](C)(C)C. The van der Waals surface area contributed by atoms with Crippen LogP contribution in [0.15, 0.2) is 12.2 Å². The van der Waals surface area contributed by atoms with Crippen molar-refractivity contribution in [3.05, 3.63) is 12.2 Å². The van der Waals surface area contributed by atoms with Crippen LogP contribution in [0.5, 0.6) is 0 Å². The summed E-state index contributed by atoms with van der Waals surface area (Å²) < 4.78 is 25.8. The third kappa shape index (κ3) is 12.1. The van der Waals surface area contributed by atoms with E-state index in [-0.39, 0.29) is 19.8 Å². The smallest absolute Gasteiger partial charge is 0.330 e. The summed E-state index contributed by atoms with van der Waals surface area (Å²) in [6, 6.07) is 0. The maximum absolute atomic E-state index is 11.3. The number of nitrogens with zero attached hydrogens (tertiary/aromatic N) is 1. The molecule has 0 bridgehead atoms. The monoisotopic (exact) mass is 295 g/mol. The second-order valence-corrected chi connectivity index (χ2v) is 6.21. The molecule has 0 aromatic rings. The van der Waals surface area contributed by atoms with E-state index in [0.717, 1.165) is 0 Å². The predicted molar refractivity (Wildman–Crippen MR) is 68.2 cm³/mol. The van der Waals surface area contributed by atoms with Crippen LogP contribution >= 0.6 is 7.82 Å². The van der Waals surface area contributed by atoms with E-state index in [1.165, 1.54) is 12.2 Å². The molecule has 0 rings (SSSR count). The topological polar surface area (TPSA) is 84.9 Å². The standard InChI is InChI=1S/C11H22NO6P/c1-5-6-11(13)16-9-10-18-19(14,15)17-8-7-12(2,3)4/h5-6H,7-10H2,1-4H3. The van der Waals surface area contributed by atoms with Gasteiger partial charge in [-0.25, -0.2) is 4.79 Å². The summed E-state index contributed by atoms with van der Waals surface area (Å²) in [5.74, 6) is -0.544. The third-order valence-corrected chi connectivity index (χ3v) is 2.89. The van der Waals surface area contributed by atoms with Gasteiger partial charge in [0.2, 0.25) is 0 Å². The fourth-order valence-electron chi connectivity index (χ4n) is 0.939. The highest BCUT2D eigenvalue weighted by molar-refractivity contribution is 7.45. The van der Waals surface area contributed by atoms with Crippen LogP contribution in [-0.4, -0.2) is 58.0 Å². The van der Waals surface area contributed by atoms with E-state index in [1.807, 2.05) is 21.1 Å². The van der Waals surface area contributed by atoms with Crippen LogP contribution in [0.1, 0.15) is 6.92 Å². The van der Waals surface area contributed by atoms with Crippen molar-refractivity contribution in [1.82, 2.24) is 0 Å². The van der Waals surface area contributed by atoms with Crippen molar-refractivity contribution in [2.45, 2.75) is 6.92 Å². The number of quaternary nitrogens is 1. The first kappa shape index (κ1) is 18.3. The average molecular weight is 295 g/mol. The zero-order valence-corrected chi connectivity index (χ0v) is 12.7. The molecule has 112 valence electrons. The van der Waals surface area contributed by atoms with Crippen molar-refractivity contribution in [1.29, 1.82) is 0 Å². The van der Waals surface area contributed by atoms with Gasteiger partial charge in [-0.15, -0.1) is 0 Å². The van der Waals surface area contributed by atoms with E-state index < -0.39 is 13.8 Å². The van der Waals surface area contributed by atoms with Gasteiger partial charge in [0.25, 0.3) is 7.82 Å². The summed E-state index contributed by atoms with van der Waals surface area (Å²) in [4.78, 5) is 22.2. The third-order valence-electron chi connectivity index (χ3n) is 1.89. The number of ether oxygens (including phenoxy) is 1. The number of rotatable bonds is 9.